The molecule has 2 N–H and O–H groups in total. The zero-order valence-corrected chi connectivity index (χ0v) is 12.0. The fourth-order valence-electron chi connectivity index (χ4n) is 2.34. The monoisotopic (exact) mass is 293 g/mol. The molecule has 0 saturated carbocycles. The van der Waals surface area contributed by atoms with E-state index in [0.29, 0.717) is 5.75 Å². The van der Waals surface area contributed by atoms with Gasteiger partial charge < -0.3 is 14.8 Å². The predicted octanol–water partition coefficient (Wildman–Crippen LogP) is 3.42. The molecule has 1 aromatic heterocycles. The first-order chi connectivity index (χ1) is 10.7. The van der Waals surface area contributed by atoms with E-state index in [1.807, 2.05) is 36.4 Å². The van der Waals surface area contributed by atoms with Gasteiger partial charge in [0, 0.05) is 11.8 Å². The number of ether oxygens (including phenoxy) is 1. The summed E-state index contributed by atoms with van der Waals surface area (Å²) in [5.74, 6) is 0.443. The van der Waals surface area contributed by atoms with Crippen molar-refractivity contribution in [1.82, 2.24) is 4.98 Å². The first-order valence-electron chi connectivity index (χ1n) is 6.84. The van der Waals surface area contributed by atoms with Crippen LogP contribution >= 0.6 is 0 Å². The van der Waals surface area contributed by atoms with E-state index >= 15 is 0 Å². The van der Waals surface area contributed by atoms with Gasteiger partial charge in [0.05, 0.1) is 7.11 Å². The van der Waals surface area contributed by atoms with Crippen LogP contribution in [0.1, 0.15) is 0 Å². The summed E-state index contributed by atoms with van der Waals surface area (Å²) in [6, 6.07) is 18.1. The molecule has 1 heterocycles. The average Bonchev–Trinajstić information content (AvgIpc) is 2.55. The lowest BCUT2D eigenvalue weighted by molar-refractivity contribution is 0.373. The molecule has 0 bridgehead atoms. The largest absolute Gasteiger partial charge is 0.504 e. The topological polar surface area (TPSA) is 62.3 Å². The molecule has 0 atom stereocenters. The number of aromatic hydroxyl groups is 1. The third-order valence-electron chi connectivity index (χ3n) is 3.44. The molecule has 0 spiro atoms. The highest BCUT2D eigenvalue weighted by atomic mass is 16.5. The van der Waals surface area contributed by atoms with E-state index < -0.39 is 0 Å². The molecule has 3 rings (SSSR count). The minimum Gasteiger partial charge on any atom is -0.504 e. The summed E-state index contributed by atoms with van der Waals surface area (Å²) in [4.78, 5) is 14.8. The van der Waals surface area contributed by atoms with Crippen molar-refractivity contribution in [3.05, 3.63) is 71.0 Å². The van der Waals surface area contributed by atoms with Crippen LogP contribution in [0.2, 0.25) is 0 Å². The van der Waals surface area contributed by atoms with Gasteiger partial charge in [-0.1, -0.05) is 36.4 Å². The molecule has 0 aliphatic rings. The molecule has 4 nitrogen and oxygen atoms in total. The van der Waals surface area contributed by atoms with E-state index in [0.717, 1.165) is 22.4 Å². The number of nitrogens with one attached hydrogen (secondary N) is 1. The van der Waals surface area contributed by atoms with Crippen LogP contribution in [0.3, 0.4) is 0 Å². The minimum atomic E-state index is -0.177. The Bertz CT molecular complexity index is 854. The van der Waals surface area contributed by atoms with Gasteiger partial charge in [-0.25, -0.2) is 0 Å². The summed E-state index contributed by atoms with van der Waals surface area (Å²) < 4.78 is 5.12. The van der Waals surface area contributed by atoms with Crippen LogP contribution in [0.4, 0.5) is 0 Å². The predicted molar refractivity (Wildman–Crippen MR) is 86.2 cm³/mol. The van der Waals surface area contributed by atoms with Crippen molar-refractivity contribution in [2.24, 2.45) is 0 Å². The lowest BCUT2D eigenvalue weighted by atomic mass is 10.0. The van der Waals surface area contributed by atoms with Crippen molar-refractivity contribution >= 4 is 0 Å². The third-order valence-corrected chi connectivity index (χ3v) is 3.44. The molecule has 22 heavy (non-hydrogen) atoms. The Morgan fingerprint density at radius 3 is 2.41 bits per heavy atom. The summed E-state index contributed by atoms with van der Waals surface area (Å²) in [5.41, 5.74) is 3.07. The highest BCUT2D eigenvalue weighted by Crippen LogP contribution is 2.31. The highest BCUT2D eigenvalue weighted by molar-refractivity contribution is 5.72. The summed E-state index contributed by atoms with van der Waals surface area (Å²) in [6.45, 7) is 0. The van der Waals surface area contributed by atoms with Crippen LogP contribution < -0.4 is 10.3 Å². The normalized spacial score (nSPS) is 10.4. The van der Waals surface area contributed by atoms with Gasteiger partial charge in [-0.05, 0) is 34.9 Å². The fourth-order valence-corrected chi connectivity index (χ4v) is 2.34. The number of hydrogen-bond donors (Lipinski definition) is 2. The lowest BCUT2D eigenvalue weighted by Gasteiger charge is -2.08. The molecular formula is C18H15NO3. The second-order valence-corrected chi connectivity index (χ2v) is 4.90. The number of rotatable bonds is 3. The number of hydrogen-bond acceptors (Lipinski definition) is 3. The van der Waals surface area contributed by atoms with Crippen molar-refractivity contribution in [3.8, 4) is 33.9 Å². The maximum Gasteiger partial charge on any atom is 0.249 e. The quantitative estimate of drug-likeness (QED) is 0.777. The SMILES string of the molecule is COc1cc(-c2cc(-c3ccccc3)[nH]c(=O)c2)ccc1O. The van der Waals surface area contributed by atoms with Crippen molar-refractivity contribution in [2.75, 3.05) is 7.11 Å². The Labute approximate surface area is 127 Å². The van der Waals surface area contributed by atoms with E-state index in [9.17, 15) is 9.90 Å². The molecule has 0 unspecified atom stereocenters. The molecule has 0 aliphatic carbocycles. The Hall–Kier alpha value is -3.01. The van der Waals surface area contributed by atoms with Crippen molar-refractivity contribution in [2.45, 2.75) is 0 Å². The fraction of sp³-hybridized carbons (Fsp3) is 0.0556. The van der Waals surface area contributed by atoms with Crippen molar-refractivity contribution in [1.29, 1.82) is 0 Å². The zero-order chi connectivity index (χ0) is 15.5. The standard InChI is InChI=1S/C18H15NO3/c1-22-17-10-13(7-8-16(17)20)14-9-15(19-18(21)11-14)12-5-3-2-4-6-12/h2-11,20H,1H3,(H,19,21). The molecular weight excluding hydrogens is 278 g/mol. The Kier molecular flexibility index (Phi) is 3.66. The maximum atomic E-state index is 11.9. The van der Waals surface area contributed by atoms with Gasteiger partial charge in [0.15, 0.2) is 11.5 Å². The van der Waals surface area contributed by atoms with Gasteiger partial charge in [-0.15, -0.1) is 0 Å². The first kappa shape index (κ1) is 13.9. The second-order valence-electron chi connectivity index (χ2n) is 4.90. The van der Waals surface area contributed by atoms with Crippen LogP contribution in [0.5, 0.6) is 11.5 Å². The molecule has 110 valence electrons. The van der Waals surface area contributed by atoms with Crippen LogP contribution in [0.25, 0.3) is 22.4 Å². The molecule has 4 heteroatoms. The summed E-state index contributed by atoms with van der Waals surface area (Å²) in [5, 5.41) is 9.68. The van der Waals surface area contributed by atoms with Crippen LogP contribution in [-0.4, -0.2) is 17.2 Å². The Morgan fingerprint density at radius 2 is 1.68 bits per heavy atom. The molecule has 0 fully saturated rings. The Morgan fingerprint density at radius 1 is 0.909 bits per heavy atom. The first-order valence-corrected chi connectivity index (χ1v) is 6.84. The van der Waals surface area contributed by atoms with E-state index in [4.69, 9.17) is 4.74 Å². The number of aromatic nitrogens is 1. The molecule has 0 radical (unpaired) electrons. The van der Waals surface area contributed by atoms with E-state index in [1.165, 1.54) is 13.2 Å². The smallest absolute Gasteiger partial charge is 0.249 e. The summed E-state index contributed by atoms with van der Waals surface area (Å²) >= 11 is 0. The van der Waals surface area contributed by atoms with Gasteiger partial charge >= 0.3 is 0 Å². The average molecular weight is 293 g/mol. The minimum absolute atomic E-state index is 0.0689. The molecule has 0 amide bonds. The van der Waals surface area contributed by atoms with Gasteiger partial charge in [0.25, 0.3) is 0 Å². The van der Waals surface area contributed by atoms with Gasteiger partial charge in [-0.2, -0.15) is 0 Å². The highest BCUT2D eigenvalue weighted by Gasteiger charge is 2.07. The number of H-pyrrole nitrogens is 1. The van der Waals surface area contributed by atoms with E-state index in [-0.39, 0.29) is 11.3 Å². The van der Waals surface area contributed by atoms with E-state index in [1.54, 1.807) is 18.2 Å². The molecule has 0 aliphatic heterocycles. The third kappa shape index (κ3) is 2.72. The van der Waals surface area contributed by atoms with Gasteiger partial charge in [0.1, 0.15) is 0 Å². The zero-order valence-electron chi connectivity index (χ0n) is 12.0. The van der Waals surface area contributed by atoms with Gasteiger partial charge in [-0.3, -0.25) is 4.79 Å². The summed E-state index contributed by atoms with van der Waals surface area (Å²) in [6.07, 6.45) is 0. The van der Waals surface area contributed by atoms with Crippen molar-refractivity contribution < 1.29 is 9.84 Å². The van der Waals surface area contributed by atoms with E-state index in [2.05, 4.69) is 4.98 Å². The van der Waals surface area contributed by atoms with Gasteiger partial charge in [0.2, 0.25) is 5.56 Å². The number of phenolic OH excluding ortho intramolecular Hbond substituents is 1. The van der Waals surface area contributed by atoms with Crippen molar-refractivity contribution in [3.63, 3.8) is 0 Å². The van der Waals surface area contributed by atoms with Crippen LogP contribution in [0, 0.1) is 0 Å². The number of aromatic amines is 1. The summed E-state index contributed by atoms with van der Waals surface area (Å²) in [7, 11) is 1.49. The number of pyridine rings is 1. The number of phenols is 1. The Balaban J connectivity index is 2.12. The molecule has 3 aromatic rings. The molecule has 0 saturated heterocycles. The maximum absolute atomic E-state index is 11.9. The van der Waals surface area contributed by atoms with Crippen LogP contribution in [0.15, 0.2) is 65.5 Å². The van der Waals surface area contributed by atoms with Crippen LogP contribution in [-0.2, 0) is 0 Å². The molecule has 2 aromatic carbocycles. The number of methoxy groups -OCH3 is 1. The lowest BCUT2D eigenvalue weighted by Crippen LogP contribution is -2.05. The second kappa shape index (κ2) is 5.77. The number of benzene rings is 2.